The van der Waals surface area contributed by atoms with E-state index in [0.29, 0.717) is 11.3 Å². The third-order valence-electron chi connectivity index (χ3n) is 2.51. The topological polar surface area (TPSA) is 72.9 Å². The minimum Gasteiger partial charge on any atom is -0.320 e. The lowest BCUT2D eigenvalue weighted by Crippen LogP contribution is -2.13. The number of aromatic nitrogens is 2. The van der Waals surface area contributed by atoms with E-state index >= 15 is 0 Å². The summed E-state index contributed by atoms with van der Waals surface area (Å²) in [4.78, 5) is 12.0. The fraction of sp³-hybridized carbons (Fsp3) is 0.143. The van der Waals surface area contributed by atoms with E-state index in [1.807, 2.05) is 0 Å². The van der Waals surface area contributed by atoms with Gasteiger partial charge in [-0.25, -0.2) is 4.39 Å². The first kappa shape index (κ1) is 13.8. The van der Waals surface area contributed by atoms with Gasteiger partial charge in [-0.05, 0) is 18.2 Å². The van der Waals surface area contributed by atoms with Crippen molar-refractivity contribution in [3.05, 3.63) is 47.5 Å². The Hall–Kier alpha value is -2.65. The Balaban J connectivity index is 2.24. The average molecular weight is 272 g/mol. The second kappa shape index (κ2) is 5.99. The number of anilines is 1. The van der Waals surface area contributed by atoms with Crippen molar-refractivity contribution in [1.29, 1.82) is 0 Å². The van der Waals surface area contributed by atoms with E-state index in [4.69, 9.17) is 5.73 Å². The van der Waals surface area contributed by atoms with Gasteiger partial charge in [-0.1, -0.05) is 11.8 Å². The third kappa shape index (κ3) is 3.22. The Labute approximate surface area is 115 Å². The first-order valence-corrected chi connectivity index (χ1v) is 5.88. The Bertz CT molecular complexity index is 697. The van der Waals surface area contributed by atoms with Crippen LogP contribution in [0, 0.1) is 17.7 Å². The zero-order chi connectivity index (χ0) is 14.5. The van der Waals surface area contributed by atoms with Crippen LogP contribution in [0.25, 0.3) is 0 Å². The number of aryl methyl sites for hydroxylation is 1. The molecule has 3 N–H and O–H groups in total. The van der Waals surface area contributed by atoms with Crippen LogP contribution >= 0.6 is 0 Å². The van der Waals surface area contributed by atoms with Crippen LogP contribution in [-0.4, -0.2) is 22.2 Å². The molecule has 1 heterocycles. The van der Waals surface area contributed by atoms with Gasteiger partial charge in [0.2, 0.25) is 0 Å². The average Bonchev–Trinajstić information content (AvgIpc) is 2.83. The van der Waals surface area contributed by atoms with E-state index < -0.39 is 11.7 Å². The first-order chi connectivity index (χ1) is 9.60. The number of carbonyl (C=O) groups excluding carboxylic acids is 1. The van der Waals surface area contributed by atoms with Crippen LogP contribution in [0.4, 0.5) is 10.1 Å². The summed E-state index contributed by atoms with van der Waals surface area (Å²) >= 11 is 0. The smallest absolute Gasteiger partial charge is 0.258 e. The molecule has 0 saturated heterocycles. The summed E-state index contributed by atoms with van der Waals surface area (Å²) in [6.07, 6.45) is 3.10. The summed E-state index contributed by atoms with van der Waals surface area (Å²) in [5, 5.41) is 6.48. The number of hydrogen-bond acceptors (Lipinski definition) is 3. The highest BCUT2D eigenvalue weighted by atomic mass is 19.1. The quantitative estimate of drug-likeness (QED) is 0.805. The van der Waals surface area contributed by atoms with Gasteiger partial charge in [0.1, 0.15) is 5.82 Å². The predicted octanol–water partition coefficient (Wildman–Crippen LogP) is 1.12. The highest BCUT2D eigenvalue weighted by Gasteiger charge is 2.13. The number of benzene rings is 1. The minimum absolute atomic E-state index is 0.0716. The van der Waals surface area contributed by atoms with Crippen LogP contribution in [-0.2, 0) is 7.05 Å². The van der Waals surface area contributed by atoms with E-state index in [0.717, 1.165) is 0 Å². The van der Waals surface area contributed by atoms with Crippen LogP contribution in [0.3, 0.4) is 0 Å². The molecule has 0 fully saturated rings. The lowest BCUT2D eigenvalue weighted by molar-refractivity contribution is 0.102. The molecule has 0 bridgehead atoms. The molecule has 0 spiro atoms. The Kier molecular flexibility index (Phi) is 4.13. The molecule has 0 aliphatic carbocycles. The van der Waals surface area contributed by atoms with Crippen molar-refractivity contribution in [2.24, 2.45) is 12.8 Å². The number of nitrogens with zero attached hydrogens (tertiary/aromatic N) is 2. The maximum absolute atomic E-state index is 13.7. The fourth-order valence-electron chi connectivity index (χ4n) is 1.61. The molecule has 0 radical (unpaired) electrons. The minimum atomic E-state index is -0.607. The lowest BCUT2D eigenvalue weighted by Gasteiger charge is -2.04. The van der Waals surface area contributed by atoms with Crippen molar-refractivity contribution in [3.8, 4) is 11.8 Å². The molecule has 102 valence electrons. The zero-order valence-electron chi connectivity index (χ0n) is 10.9. The molecule has 20 heavy (non-hydrogen) atoms. The number of hydrogen-bond donors (Lipinski definition) is 2. The molecule has 6 heteroatoms. The van der Waals surface area contributed by atoms with Crippen LogP contribution in [0.15, 0.2) is 30.6 Å². The second-order valence-corrected chi connectivity index (χ2v) is 4.06. The van der Waals surface area contributed by atoms with Crippen LogP contribution in [0.2, 0.25) is 0 Å². The molecular weight excluding hydrogens is 259 g/mol. The van der Waals surface area contributed by atoms with Gasteiger partial charge in [-0.15, -0.1) is 0 Å². The monoisotopic (exact) mass is 272 g/mol. The van der Waals surface area contributed by atoms with Crippen molar-refractivity contribution < 1.29 is 9.18 Å². The van der Waals surface area contributed by atoms with Gasteiger partial charge in [0.05, 0.1) is 24.0 Å². The largest absolute Gasteiger partial charge is 0.320 e. The molecular formula is C14H13FN4O. The third-order valence-corrected chi connectivity index (χ3v) is 2.51. The Morgan fingerprint density at radius 2 is 2.35 bits per heavy atom. The van der Waals surface area contributed by atoms with Gasteiger partial charge in [-0.2, -0.15) is 5.10 Å². The van der Waals surface area contributed by atoms with Gasteiger partial charge in [0.15, 0.2) is 0 Å². The highest BCUT2D eigenvalue weighted by Crippen LogP contribution is 2.13. The van der Waals surface area contributed by atoms with Crippen molar-refractivity contribution in [2.75, 3.05) is 11.9 Å². The normalized spacial score (nSPS) is 9.75. The summed E-state index contributed by atoms with van der Waals surface area (Å²) in [5.41, 5.74) is 6.23. The molecule has 0 saturated carbocycles. The Morgan fingerprint density at radius 1 is 1.55 bits per heavy atom. The van der Waals surface area contributed by atoms with E-state index in [1.54, 1.807) is 13.2 Å². The molecule has 0 aliphatic heterocycles. The fourth-order valence-corrected chi connectivity index (χ4v) is 1.61. The summed E-state index contributed by atoms with van der Waals surface area (Å²) in [5.74, 6) is 4.25. The number of carbonyl (C=O) groups is 1. The maximum atomic E-state index is 13.7. The molecule has 2 rings (SSSR count). The lowest BCUT2D eigenvalue weighted by atomic mass is 10.1. The summed E-state index contributed by atoms with van der Waals surface area (Å²) in [6.45, 7) is 0.203. The number of nitrogens with two attached hydrogens (primary N) is 1. The Morgan fingerprint density at radius 3 is 3.00 bits per heavy atom. The number of rotatable bonds is 2. The van der Waals surface area contributed by atoms with Gasteiger partial charge in [0.25, 0.3) is 5.91 Å². The molecule has 0 atom stereocenters. The SMILES string of the molecule is Cn1cc(NC(=O)c2cc(C#CCN)ccc2F)cn1. The van der Waals surface area contributed by atoms with Crippen molar-refractivity contribution in [3.63, 3.8) is 0 Å². The van der Waals surface area contributed by atoms with Gasteiger partial charge >= 0.3 is 0 Å². The van der Waals surface area contributed by atoms with Gasteiger partial charge in [0, 0.05) is 18.8 Å². The molecule has 1 aromatic carbocycles. The van der Waals surface area contributed by atoms with Crippen LogP contribution in [0.5, 0.6) is 0 Å². The summed E-state index contributed by atoms with van der Waals surface area (Å²) in [7, 11) is 1.72. The molecule has 0 aliphatic rings. The molecule has 0 unspecified atom stereocenters. The summed E-state index contributed by atoms with van der Waals surface area (Å²) in [6, 6.07) is 4.10. The van der Waals surface area contributed by atoms with Crippen LogP contribution in [0.1, 0.15) is 15.9 Å². The van der Waals surface area contributed by atoms with Crippen molar-refractivity contribution in [2.45, 2.75) is 0 Å². The van der Waals surface area contributed by atoms with Gasteiger partial charge in [-0.3, -0.25) is 9.48 Å². The van der Waals surface area contributed by atoms with E-state index in [9.17, 15) is 9.18 Å². The standard InChI is InChI=1S/C14H13FN4O/c1-19-9-11(8-17-19)18-14(20)12-7-10(3-2-6-16)4-5-13(12)15/h4-5,7-9H,6,16H2,1H3,(H,18,20). The maximum Gasteiger partial charge on any atom is 0.258 e. The number of halogens is 1. The second-order valence-electron chi connectivity index (χ2n) is 4.06. The number of nitrogens with one attached hydrogen (secondary N) is 1. The van der Waals surface area contributed by atoms with Crippen LogP contribution < -0.4 is 11.1 Å². The van der Waals surface area contributed by atoms with Gasteiger partial charge < -0.3 is 11.1 Å². The van der Waals surface area contributed by atoms with E-state index in [2.05, 4.69) is 22.3 Å². The van der Waals surface area contributed by atoms with E-state index in [1.165, 1.54) is 29.1 Å². The van der Waals surface area contributed by atoms with Crippen molar-refractivity contribution in [1.82, 2.24) is 9.78 Å². The molecule has 1 aromatic heterocycles. The van der Waals surface area contributed by atoms with Crippen molar-refractivity contribution >= 4 is 11.6 Å². The molecule has 2 aromatic rings. The highest BCUT2D eigenvalue weighted by molar-refractivity contribution is 6.04. The first-order valence-electron chi connectivity index (χ1n) is 5.88. The molecule has 5 nitrogen and oxygen atoms in total. The predicted molar refractivity (Wildman–Crippen MR) is 73.5 cm³/mol. The number of amides is 1. The summed E-state index contributed by atoms with van der Waals surface area (Å²) < 4.78 is 15.2. The van der Waals surface area contributed by atoms with E-state index in [-0.39, 0.29) is 12.1 Å². The zero-order valence-corrected chi connectivity index (χ0v) is 10.9. The molecule has 1 amide bonds.